The average Bonchev–Trinajstić information content (AvgIpc) is 2.67. The molecule has 0 bridgehead atoms. The number of para-hydroxylation sites is 1. The Morgan fingerprint density at radius 2 is 2.04 bits per heavy atom. The SMILES string of the molecule is C#CCOCc1cc(/C=C/C(=O)Nc2ccccc2C(=O)O)ccc1OC. The average molecular weight is 365 g/mol. The lowest BCUT2D eigenvalue weighted by atomic mass is 10.1. The third-order valence-electron chi connectivity index (χ3n) is 3.59. The van der Waals surface area contributed by atoms with Crippen LogP contribution in [-0.4, -0.2) is 30.7 Å². The molecule has 0 aliphatic heterocycles. The molecule has 2 N–H and O–H groups in total. The zero-order valence-corrected chi connectivity index (χ0v) is 14.8. The Kier molecular flexibility index (Phi) is 7.17. The van der Waals surface area contributed by atoms with Gasteiger partial charge in [0, 0.05) is 11.6 Å². The smallest absolute Gasteiger partial charge is 0.337 e. The summed E-state index contributed by atoms with van der Waals surface area (Å²) >= 11 is 0. The Balaban J connectivity index is 2.11. The van der Waals surface area contributed by atoms with Crippen molar-refractivity contribution in [3.05, 3.63) is 65.2 Å². The first kappa shape index (κ1) is 19.8. The van der Waals surface area contributed by atoms with E-state index in [0.717, 1.165) is 11.1 Å². The molecule has 0 saturated carbocycles. The second-order valence-corrected chi connectivity index (χ2v) is 5.44. The number of amides is 1. The summed E-state index contributed by atoms with van der Waals surface area (Å²) in [7, 11) is 1.56. The molecule has 2 rings (SSSR count). The van der Waals surface area contributed by atoms with Gasteiger partial charge in [0.15, 0.2) is 0 Å². The van der Waals surface area contributed by atoms with Crippen LogP contribution in [0.1, 0.15) is 21.5 Å². The predicted octanol–water partition coefficient (Wildman–Crippen LogP) is 3.20. The standard InChI is InChI=1S/C21H19NO5/c1-3-12-27-14-16-13-15(8-10-19(16)26-2)9-11-20(23)22-18-7-5-4-6-17(18)21(24)25/h1,4-11,13H,12,14H2,2H3,(H,22,23)(H,24,25)/b11-9+. The Morgan fingerprint density at radius 1 is 1.26 bits per heavy atom. The molecule has 0 saturated heterocycles. The number of rotatable bonds is 8. The second kappa shape index (κ2) is 9.80. The summed E-state index contributed by atoms with van der Waals surface area (Å²) < 4.78 is 10.6. The summed E-state index contributed by atoms with van der Waals surface area (Å²) in [6.07, 6.45) is 8.11. The minimum absolute atomic E-state index is 0.0247. The van der Waals surface area contributed by atoms with Crippen molar-refractivity contribution in [3.63, 3.8) is 0 Å². The van der Waals surface area contributed by atoms with E-state index >= 15 is 0 Å². The van der Waals surface area contributed by atoms with E-state index in [0.29, 0.717) is 5.75 Å². The van der Waals surface area contributed by atoms with Crippen molar-refractivity contribution in [1.82, 2.24) is 0 Å². The van der Waals surface area contributed by atoms with Crippen molar-refractivity contribution in [2.45, 2.75) is 6.61 Å². The number of carbonyl (C=O) groups excluding carboxylic acids is 1. The number of nitrogens with one attached hydrogen (secondary N) is 1. The molecule has 0 aliphatic carbocycles. The fourth-order valence-electron chi connectivity index (χ4n) is 2.36. The molecule has 0 aromatic heterocycles. The van der Waals surface area contributed by atoms with Crippen molar-refractivity contribution >= 4 is 23.6 Å². The summed E-state index contributed by atoms with van der Waals surface area (Å²) in [5.74, 6) is 1.50. The van der Waals surface area contributed by atoms with Crippen LogP contribution in [-0.2, 0) is 16.1 Å². The summed E-state index contributed by atoms with van der Waals surface area (Å²) in [6.45, 7) is 0.474. The van der Waals surface area contributed by atoms with E-state index < -0.39 is 11.9 Å². The first-order chi connectivity index (χ1) is 13.0. The number of carbonyl (C=O) groups is 2. The Hall–Kier alpha value is -3.56. The van der Waals surface area contributed by atoms with Gasteiger partial charge >= 0.3 is 5.97 Å². The molecule has 0 fully saturated rings. The number of carboxylic acids is 1. The van der Waals surface area contributed by atoms with Gasteiger partial charge in [0.2, 0.25) is 5.91 Å². The highest BCUT2D eigenvalue weighted by Gasteiger charge is 2.10. The first-order valence-electron chi connectivity index (χ1n) is 8.04. The lowest BCUT2D eigenvalue weighted by Crippen LogP contribution is -2.11. The molecule has 0 atom stereocenters. The molecule has 0 radical (unpaired) electrons. The number of hydrogen-bond donors (Lipinski definition) is 2. The highest BCUT2D eigenvalue weighted by atomic mass is 16.5. The Bertz CT molecular complexity index is 896. The molecule has 0 unspecified atom stereocenters. The fraction of sp³-hybridized carbons (Fsp3) is 0.143. The van der Waals surface area contributed by atoms with Crippen LogP contribution in [0.3, 0.4) is 0 Å². The second-order valence-electron chi connectivity index (χ2n) is 5.44. The summed E-state index contributed by atoms with van der Waals surface area (Å²) in [5.41, 5.74) is 1.82. The zero-order valence-electron chi connectivity index (χ0n) is 14.8. The van der Waals surface area contributed by atoms with Crippen molar-refractivity contribution < 1.29 is 24.2 Å². The van der Waals surface area contributed by atoms with Crippen molar-refractivity contribution in [2.24, 2.45) is 0 Å². The predicted molar refractivity (Wildman–Crippen MR) is 103 cm³/mol. The van der Waals surface area contributed by atoms with E-state index in [4.69, 9.17) is 21.0 Å². The van der Waals surface area contributed by atoms with Gasteiger partial charge < -0.3 is 19.9 Å². The molecule has 2 aromatic rings. The molecule has 6 heteroatoms. The highest BCUT2D eigenvalue weighted by molar-refractivity contribution is 6.06. The number of ether oxygens (including phenoxy) is 2. The molecule has 138 valence electrons. The molecular weight excluding hydrogens is 346 g/mol. The maximum atomic E-state index is 12.1. The van der Waals surface area contributed by atoms with Gasteiger partial charge in [0.05, 0.1) is 25.0 Å². The van der Waals surface area contributed by atoms with Gasteiger partial charge in [-0.15, -0.1) is 6.42 Å². The van der Waals surface area contributed by atoms with Crippen LogP contribution in [0, 0.1) is 12.3 Å². The molecule has 0 aliphatic rings. The fourth-order valence-corrected chi connectivity index (χ4v) is 2.36. The van der Waals surface area contributed by atoms with Crippen LogP contribution in [0.5, 0.6) is 5.75 Å². The zero-order chi connectivity index (χ0) is 19.6. The largest absolute Gasteiger partial charge is 0.496 e. The van der Waals surface area contributed by atoms with E-state index in [1.807, 2.05) is 6.07 Å². The topological polar surface area (TPSA) is 84.9 Å². The number of aromatic carboxylic acids is 1. The Labute approximate surface area is 157 Å². The van der Waals surface area contributed by atoms with Crippen LogP contribution in [0.2, 0.25) is 0 Å². The molecule has 27 heavy (non-hydrogen) atoms. The van der Waals surface area contributed by atoms with Gasteiger partial charge in [-0.3, -0.25) is 4.79 Å². The molecule has 0 heterocycles. The number of terminal acetylenes is 1. The first-order valence-corrected chi connectivity index (χ1v) is 8.04. The minimum atomic E-state index is -1.11. The molecule has 1 amide bonds. The van der Waals surface area contributed by atoms with Crippen molar-refractivity contribution in [3.8, 4) is 18.1 Å². The number of hydrogen-bond acceptors (Lipinski definition) is 4. The normalized spacial score (nSPS) is 10.4. The maximum Gasteiger partial charge on any atom is 0.337 e. The number of benzene rings is 2. The highest BCUT2D eigenvalue weighted by Crippen LogP contribution is 2.22. The lowest BCUT2D eigenvalue weighted by Gasteiger charge is -2.09. The van der Waals surface area contributed by atoms with Crippen LogP contribution < -0.4 is 10.1 Å². The monoisotopic (exact) mass is 365 g/mol. The van der Waals surface area contributed by atoms with E-state index in [9.17, 15) is 9.59 Å². The maximum absolute atomic E-state index is 12.1. The lowest BCUT2D eigenvalue weighted by molar-refractivity contribution is -0.111. The number of carboxylic acid groups (broad SMARTS) is 1. The number of methoxy groups -OCH3 is 1. The van der Waals surface area contributed by atoms with Gasteiger partial charge in [-0.05, 0) is 35.9 Å². The summed E-state index contributed by atoms with van der Waals surface area (Å²) in [4.78, 5) is 23.3. The third-order valence-corrected chi connectivity index (χ3v) is 3.59. The van der Waals surface area contributed by atoms with E-state index in [2.05, 4.69) is 11.2 Å². The third kappa shape index (κ3) is 5.73. The van der Waals surface area contributed by atoms with Crippen molar-refractivity contribution in [1.29, 1.82) is 0 Å². The molecule has 0 spiro atoms. The minimum Gasteiger partial charge on any atom is -0.496 e. The van der Waals surface area contributed by atoms with Gasteiger partial charge in [-0.2, -0.15) is 0 Å². The van der Waals surface area contributed by atoms with E-state index in [1.165, 1.54) is 18.2 Å². The van der Waals surface area contributed by atoms with Gasteiger partial charge in [0.1, 0.15) is 12.4 Å². The van der Waals surface area contributed by atoms with Crippen LogP contribution >= 0.6 is 0 Å². The van der Waals surface area contributed by atoms with Crippen LogP contribution in [0.15, 0.2) is 48.5 Å². The van der Waals surface area contributed by atoms with Gasteiger partial charge in [-0.1, -0.05) is 24.1 Å². The molecular formula is C21H19NO5. The molecule has 6 nitrogen and oxygen atoms in total. The summed E-state index contributed by atoms with van der Waals surface area (Å²) in [6, 6.07) is 11.6. The summed E-state index contributed by atoms with van der Waals surface area (Å²) in [5, 5.41) is 11.7. The van der Waals surface area contributed by atoms with Crippen LogP contribution in [0.4, 0.5) is 5.69 Å². The van der Waals surface area contributed by atoms with Crippen LogP contribution in [0.25, 0.3) is 6.08 Å². The number of anilines is 1. The van der Waals surface area contributed by atoms with Gasteiger partial charge in [-0.25, -0.2) is 4.79 Å². The Morgan fingerprint density at radius 3 is 2.74 bits per heavy atom. The van der Waals surface area contributed by atoms with Crippen molar-refractivity contribution in [2.75, 3.05) is 19.0 Å². The van der Waals surface area contributed by atoms with E-state index in [1.54, 1.807) is 37.5 Å². The van der Waals surface area contributed by atoms with E-state index in [-0.39, 0.29) is 24.5 Å². The van der Waals surface area contributed by atoms with Gasteiger partial charge in [0.25, 0.3) is 0 Å². The quantitative estimate of drug-likeness (QED) is 0.426. The molecule has 2 aromatic carbocycles.